The zero-order valence-corrected chi connectivity index (χ0v) is 14.6. The third-order valence-corrected chi connectivity index (χ3v) is 5.77. The van der Waals surface area contributed by atoms with Gasteiger partial charge in [0.2, 0.25) is 0 Å². The Balaban J connectivity index is 1.95. The van der Waals surface area contributed by atoms with Crippen molar-refractivity contribution < 1.29 is 0 Å². The predicted molar refractivity (Wildman–Crippen MR) is 92.6 cm³/mol. The van der Waals surface area contributed by atoms with Crippen LogP contribution in [0.4, 0.5) is 0 Å². The average Bonchev–Trinajstić information content (AvgIpc) is 3.07. The van der Waals surface area contributed by atoms with Gasteiger partial charge in [0.25, 0.3) is 5.56 Å². The smallest absolute Gasteiger partial charge is 0.259 e. The van der Waals surface area contributed by atoms with Crippen molar-refractivity contribution in [3.05, 3.63) is 26.6 Å². The van der Waals surface area contributed by atoms with Crippen molar-refractivity contribution >= 4 is 21.6 Å². The molecule has 0 spiro atoms. The number of hydrogen-bond acceptors (Lipinski definition) is 4. The van der Waals surface area contributed by atoms with E-state index in [0.29, 0.717) is 5.92 Å². The third kappa shape index (κ3) is 3.10. The number of thiophene rings is 1. The van der Waals surface area contributed by atoms with E-state index in [-0.39, 0.29) is 5.56 Å². The summed E-state index contributed by atoms with van der Waals surface area (Å²) in [7, 11) is 0. The number of aromatic amines is 1. The van der Waals surface area contributed by atoms with Crippen LogP contribution in [0.5, 0.6) is 0 Å². The standard InChI is InChI=1S/C17H25N3OS/c1-4-11(2)9-13-12(3)22-17-15(13)16(21)18-14(19-17)10-20-7-5-6-8-20/h11H,4-10H2,1-3H3,(H,18,19,21)/t11-/m0/s1. The molecule has 3 rings (SSSR count). The Kier molecular flexibility index (Phi) is 4.64. The van der Waals surface area contributed by atoms with Crippen LogP contribution in [-0.2, 0) is 13.0 Å². The number of aryl methyl sites for hydroxylation is 1. The van der Waals surface area contributed by atoms with E-state index in [1.807, 2.05) is 0 Å². The fraction of sp³-hybridized carbons (Fsp3) is 0.647. The van der Waals surface area contributed by atoms with E-state index in [9.17, 15) is 4.79 Å². The number of H-pyrrole nitrogens is 1. The Bertz CT molecular complexity index is 712. The number of likely N-dealkylation sites (tertiary alicyclic amines) is 1. The molecule has 4 nitrogen and oxygen atoms in total. The van der Waals surface area contributed by atoms with Crippen molar-refractivity contribution in [2.24, 2.45) is 5.92 Å². The van der Waals surface area contributed by atoms with Crippen molar-refractivity contribution in [2.75, 3.05) is 13.1 Å². The lowest BCUT2D eigenvalue weighted by atomic mass is 9.98. The minimum atomic E-state index is 0.0434. The molecule has 1 N–H and O–H groups in total. The van der Waals surface area contributed by atoms with E-state index < -0.39 is 0 Å². The minimum Gasteiger partial charge on any atom is -0.309 e. The van der Waals surface area contributed by atoms with Gasteiger partial charge in [-0.15, -0.1) is 11.3 Å². The van der Waals surface area contributed by atoms with Gasteiger partial charge in [0.1, 0.15) is 10.7 Å². The van der Waals surface area contributed by atoms with Gasteiger partial charge >= 0.3 is 0 Å². The van der Waals surface area contributed by atoms with Crippen molar-refractivity contribution in [3.63, 3.8) is 0 Å². The van der Waals surface area contributed by atoms with Gasteiger partial charge in [-0.2, -0.15) is 0 Å². The first-order chi connectivity index (χ1) is 10.6. The van der Waals surface area contributed by atoms with Crippen molar-refractivity contribution in [1.29, 1.82) is 0 Å². The first-order valence-electron chi connectivity index (χ1n) is 8.32. The zero-order valence-electron chi connectivity index (χ0n) is 13.7. The largest absolute Gasteiger partial charge is 0.309 e. The molecular weight excluding hydrogens is 294 g/mol. The molecule has 1 saturated heterocycles. The van der Waals surface area contributed by atoms with Gasteiger partial charge in [0.05, 0.1) is 11.9 Å². The normalized spacial score (nSPS) is 17.4. The summed E-state index contributed by atoms with van der Waals surface area (Å²) in [6, 6.07) is 0. The van der Waals surface area contributed by atoms with Crippen molar-refractivity contribution in [3.8, 4) is 0 Å². The van der Waals surface area contributed by atoms with Crippen LogP contribution in [0.2, 0.25) is 0 Å². The monoisotopic (exact) mass is 319 g/mol. The number of aromatic nitrogens is 2. The topological polar surface area (TPSA) is 49.0 Å². The van der Waals surface area contributed by atoms with Crippen LogP contribution in [0.15, 0.2) is 4.79 Å². The van der Waals surface area contributed by atoms with E-state index in [2.05, 4.69) is 30.7 Å². The molecule has 0 radical (unpaired) electrons. The molecule has 1 atom stereocenters. The molecule has 1 aliphatic heterocycles. The number of fused-ring (bicyclic) bond motifs is 1. The number of rotatable bonds is 5. The molecule has 0 aromatic carbocycles. The van der Waals surface area contributed by atoms with Gasteiger partial charge in [-0.3, -0.25) is 9.69 Å². The number of nitrogens with zero attached hydrogens (tertiary/aromatic N) is 2. The lowest BCUT2D eigenvalue weighted by molar-refractivity contribution is 0.322. The van der Waals surface area contributed by atoms with Gasteiger partial charge < -0.3 is 4.98 Å². The predicted octanol–water partition coefficient (Wildman–Crippen LogP) is 3.48. The lowest BCUT2D eigenvalue weighted by Crippen LogP contribution is -2.22. The summed E-state index contributed by atoms with van der Waals surface area (Å²) in [6.07, 6.45) is 4.61. The number of nitrogens with one attached hydrogen (secondary N) is 1. The molecule has 1 fully saturated rings. The fourth-order valence-corrected chi connectivity index (χ4v) is 4.26. The summed E-state index contributed by atoms with van der Waals surface area (Å²) in [6.45, 7) is 9.55. The molecule has 0 unspecified atom stereocenters. The van der Waals surface area contributed by atoms with Crippen LogP contribution < -0.4 is 5.56 Å². The highest BCUT2D eigenvalue weighted by atomic mass is 32.1. The Labute approximate surface area is 135 Å². The van der Waals surface area contributed by atoms with Crippen LogP contribution in [0.25, 0.3) is 10.2 Å². The molecular formula is C17H25N3OS. The molecule has 1 aliphatic rings. The van der Waals surface area contributed by atoms with E-state index in [4.69, 9.17) is 4.98 Å². The minimum absolute atomic E-state index is 0.0434. The molecule has 22 heavy (non-hydrogen) atoms. The highest BCUT2D eigenvalue weighted by Gasteiger charge is 2.18. The average molecular weight is 319 g/mol. The van der Waals surface area contributed by atoms with E-state index >= 15 is 0 Å². The quantitative estimate of drug-likeness (QED) is 0.918. The molecule has 120 valence electrons. The SMILES string of the molecule is CC[C@H](C)Cc1c(C)sc2nc(CN3CCCC3)[nH]c(=O)c12. The first-order valence-corrected chi connectivity index (χ1v) is 9.13. The summed E-state index contributed by atoms with van der Waals surface area (Å²) < 4.78 is 0. The molecule has 0 bridgehead atoms. The molecule has 3 heterocycles. The van der Waals surface area contributed by atoms with Gasteiger partial charge in [0.15, 0.2) is 0 Å². The highest BCUT2D eigenvalue weighted by Crippen LogP contribution is 2.29. The van der Waals surface area contributed by atoms with Crippen LogP contribution in [0.3, 0.4) is 0 Å². The highest BCUT2D eigenvalue weighted by molar-refractivity contribution is 7.18. The molecule has 0 amide bonds. The third-order valence-electron chi connectivity index (χ3n) is 4.73. The van der Waals surface area contributed by atoms with E-state index in [1.54, 1.807) is 11.3 Å². The summed E-state index contributed by atoms with van der Waals surface area (Å²) in [5.74, 6) is 1.41. The summed E-state index contributed by atoms with van der Waals surface area (Å²) in [4.78, 5) is 24.8. The molecule has 2 aromatic rings. The maximum Gasteiger partial charge on any atom is 0.259 e. The Morgan fingerprint density at radius 1 is 1.36 bits per heavy atom. The second-order valence-corrected chi connectivity index (χ2v) is 7.73. The van der Waals surface area contributed by atoms with E-state index in [0.717, 1.165) is 48.5 Å². The van der Waals surface area contributed by atoms with Gasteiger partial charge in [-0.05, 0) is 50.8 Å². The van der Waals surface area contributed by atoms with Crippen LogP contribution >= 0.6 is 11.3 Å². The molecule has 5 heteroatoms. The van der Waals surface area contributed by atoms with Gasteiger partial charge in [-0.25, -0.2) is 4.98 Å². The summed E-state index contributed by atoms with van der Waals surface area (Å²) >= 11 is 1.67. The Hall–Kier alpha value is -1.20. The maximum atomic E-state index is 12.6. The summed E-state index contributed by atoms with van der Waals surface area (Å²) in [5.41, 5.74) is 1.25. The molecule has 0 aliphatic carbocycles. The Morgan fingerprint density at radius 2 is 2.09 bits per heavy atom. The second kappa shape index (κ2) is 6.50. The van der Waals surface area contributed by atoms with Gasteiger partial charge in [-0.1, -0.05) is 20.3 Å². The van der Waals surface area contributed by atoms with E-state index in [1.165, 1.54) is 23.3 Å². The van der Waals surface area contributed by atoms with Crippen molar-refractivity contribution in [1.82, 2.24) is 14.9 Å². The van der Waals surface area contributed by atoms with Crippen molar-refractivity contribution in [2.45, 2.75) is 53.0 Å². The maximum absolute atomic E-state index is 12.6. The van der Waals surface area contributed by atoms with Crippen LogP contribution in [0.1, 0.15) is 49.4 Å². The van der Waals surface area contributed by atoms with Crippen LogP contribution in [-0.4, -0.2) is 28.0 Å². The van der Waals surface area contributed by atoms with Gasteiger partial charge in [0, 0.05) is 4.88 Å². The lowest BCUT2D eigenvalue weighted by Gasteiger charge is -2.13. The summed E-state index contributed by atoms with van der Waals surface area (Å²) in [5, 5.41) is 0.827. The first kappa shape index (κ1) is 15.7. The zero-order chi connectivity index (χ0) is 15.7. The fourth-order valence-electron chi connectivity index (χ4n) is 3.19. The second-order valence-electron chi connectivity index (χ2n) is 6.53. The van der Waals surface area contributed by atoms with Crippen LogP contribution in [0, 0.1) is 12.8 Å². The molecule has 2 aromatic heterocycles. The molecule has 0 saturated carbocycles. The Morgan fingerprint density at radius 3 is 2.77 bits per heavy atom. The number of hydrogen-bond donors (Lipinski definition) is 1.